The SMILES string of the molecule is CC(NC(=O)C1CCCCC1(C)N)C(C)(C)c1ccccc1.Cl. The lowest BCUT2D eigenvalue weighted by Gasteiger charge is -2.40. The highest BCUT2D eigenvalue weighted by Gasteiger charge is 2.39. The van der Waals surface area contributed by atoms with E-state index in [1.165, 1.54) is 5.56 Å². The molecule has 3 N–H and O–H groups in total. The Balaban J connectivity index is 0.00000264. The van der Waals surface area contributed by atoms with Gasteiger partial charge in [0.05, 0.1) is 5.92 Å². The van der Waals surface area contributed by atoms with E-state index >= 15 is 0 Å². The summed E-state index contributed by atoms with van der Waals surface area (Å²) in [4.78, 5) is 12.7. The Morgan fingerprint density at radius 1 is 1.30 bits per heavy atom. The monoisotopic (exact) mass is 338 g/mol. The van der Waals surface area contributed by atoms with Gasteiger partial charge in [0.25, 0.3) is 0 Å². The van der Waals surface area contributed by atoms with Crippen molar-refractivity contribution in [1.29, 1.82) is 0 Å². The van der Waals surface area contributed by atoms with E-state index in [1.807, 2.05) is 25.1 Å². The molecule has 1 aromatic carbocycles. The fraction of sp³-hybridized carbons (Fsp3) is 0.632. The van der Waals surface area contributed by atoms with Gasteiger partial charge in [0.1, 0.15) is 0 Å². The summed E-state index contributed by atoms with van der Waals surface area (Å²) in [5.41, 5.74) is 7.11. The van der Waals surface area contributed by atoms with Crippen LogP contribution in [0.1, 0.15) is 58.9 Å². The molecule has 1 fully saturated rings. The van der Waals surface area contributed by atoms with Crippen LogP contribution in [-0.2, 0) is 10.2 Å². The van der Waals surface area contributed by atoms with Crippen LogP contribution in [0.2, 0.25) is 0 Å². The van der Waals surface area contributed by atoms with E-state index < -0.39 is 0 Å². The van der Waals surface area contributed by atoms with Gasteiger partial charge in [0.2, 0.25) is 5.91 Å². The van der Waals surface area contributed by atoms with Crippen LogP contribution < -0.4 is 11.1 Å². The Labute approximate surface area is 146 Å². The van der Waals surface area contributed by atoms with E-state index in [-0.39, 0.29) is 41.2 Å². The minimum atomic E-state index is -0.376. The molecule has 23 heavy (non-hydrogen) atoms. The molecule has 1 amide bonds. The molecule has 3 unspecified atom stereocenters. The van der Waals surface area contributed by atoms with Gasteiger partial charge in [-0.2, -0.15) is 0 Å². The van der Waals surface area contributed by atoms with E-state index in [4.69, 9.17) is 5.73 Å². The van der Waals surface area contributed by atoms with E-state index in [1.54, 1.807) is 0 Å². The smallest absolute Gasteiger partial charge is 0.225 e. The Morgan fingerprint density at radius 2 is 1.91 bits per heavy atom. The number of rotatable bonds is 4. The lowest BCUT2D eigenvalue weighted by atomic mass is 9.73. The molecule has 1 aromatic rings. The van der Waals surface area contributed by atoms with Crippen LogP contribution in [0.5, 0.6) is 0 Å². The van der Waals surface area contributed by atoms with Crippen molar-refractivity contribution in [3.05, 3.63) is 35.9 Å². The molecular formula is C19H31ClN2O. The summed E-state index contributed by atoms with van der Waals surface area (Å²) in [7, 11) is 0. The molecule has 0 spiro atoms. The molecule has 1 aliphatic rings. The minimum Gasteiger partial charge on any atom is -0.352 e. The van der Waals surface area contributed by atoms with E-state index in [0.29, 0.717) is 0 Å². The van der Waals surface area contributed by atoms with Crippen molar-refractivity contribution in [2.45, 2.75) is 70.4 Å². The number of carbonyl (C=O) groups excluding carboxylic acids is 1. The van der Waals surface area contributed by atoms with Gasteiger partial charge in [-0.3, -0.25) is 4.79 Å². The van der Waals surface area contributed by atoms with Crippen molar-refractivity contribution >= 4 is 18.3 Å². The number of hydrogen-bond donors (Lipinski definition) is 2. The fourth-order valence-electron chi connectivity index (χ4n) is 3.40. The van der Waals surface area contributed by atoms with Crippen LogP contribution >= 0.6 is 12.4 Å². The first-order chi connectivity index (χ1) is 10.2. The molecular weight excluding hydrogens is 308 g/mol. The second-order valence-corrected chi connectivity index (χ2v) is 7.62. The zero-order valence-electron chi connectivity index (χ0n) is 14.8. The van der Waals surface area contributed by atoms with Gasteiger partial charge in [0, 0.05) is 17.0 Å². The molecule has 3 nitrogen and oxygen atoms in total. The molecule has 0 bridgehead atoms. The number of halogens is 1. The third kappa shape index (κ3) is 4.48. The number of nitrogens with two attached hydrogens (primary N) is 1. The first-order valence-electron chi connectivity index (χ1n) is 8.40. The summed E-state index contributed by atoms with van der Waals surface area (Å²) in [6.07, 6.45) is 4.06. The van der Waals surface area contributed by atoms with Crippen molar-refractivity contribution in [2.24, 2.45) is 11.7 Å². The van der Waals surface area contributed by atoms with E-state index in [0.717, 1.165) is 25.7 Å². The maximum atomic E-state index is 12.7. The van der Waals surface area contributed by atoms with Crippen molar-refractivity contribution in [1.82, 2.24) is 5.32 Å². The third-order valence-electron chi connectivity index (χ3n) is 5.53. The summed E-state index contributed by atoms with van der Waals surface area (Å²) < 4.78 is 0. The highest BCUT2D eigenvalue weighted by atomic mass is 35.5. The van der Waals surface area contributed by atoms with Crippen LogP contribution in [0.25, 0.3) is 0 Å². The molecule has 0 radical (unpaired) electrons. The molecule has 130 valence electrons. The normalized spacial score (nSPS) is 26.0. The Bertz CT molecular complexity index is 513. The zero-order chi connectivity index (χ0) is 16.4. The highest BCUT2D eigenvalue weighted by molar-refractivity contribution is 5.85. The maximum Gasteiger partial charge on any atom is 0.225 e. The minimum absolute atomic E-state index is 0. The summed E-state index contributed by atoms with van der Waals surface area (Å²) in [6, 6.07) is 10.4. The average molecular weight is 339 g/mol. The quantitative estimate of drug-likeness (QED) is 0.877. The summed E-state index contributed by atoms with van der Waals surface area (Å²) >= 11 is 0. The lowest BCUT2D eigenvalue weighted by Crippen LogP contribution is -2.56. The van der Waals surface area contributed by atoms with Gasteiger partial charge >= 0.3 is 0 Å². The van der Waals surface area contributed by atoms with Gasteiger partial charge in [-0.15, -0.1) is 12.4 Å². The summed E-state index contributed by atoms with van der Waals surface area (Å²) in [5.74, 6) is 0.0384. The van der Waals surface area contributed by atoms with E-state index in [9.17, 15) is 4.79 Å². The largest absolute Gasteiger partial charge is 0.352 e. The fourth-order valence-corrected chi connectivity index (χ4v) is 3.40. The molecule has 0 saturated heterocycles. The Hall–Kier alpha value is -1.06. The van der Waals surface area contributed by atoms with Gasteiger partial charge < -0.3 is 11.1 Å². The first-order valence-corrected chi connectivity index (χ1v) is 8.40. The van der Waals surface area contributed by atoms with Crippen LogP contribution in [0, 0.1) is 5.92 Å². The van der Waals surface area contributed by atoms with Gasteiger partial charge in [-0.25, -0.2) is 0 Å². The number of hydrogen-bond acceptors (Lipinski definition) is 2. The molecule has 2 rings (SSSR count). The zero-order valence-corrected chi connectivity index (χ0v) is 15.6. The number of benzene rings is 1. The van der Waals surface area contributed by atoms with Crippen molar-refractivity contribution in [3.63, 3.8) is 0 Å². The van der Waals surface area contributed by atoms with Crippen molar-refractivity contribution in [2.75, 3.05) is 0 Å². The second-order valence-electron chi connectivity index (χ2n) is 7.62. The molecule has 3 atom stereocenters. The van der Waals surface area contributed by atoms with E-state index in [2.05, 4.69) is 38.2 Å². The maximum absolute atomic E-state index is 12.7. The first kappa shape index (κ1) is 20.0. The van der Waals surface area contributed by atoms with Crippen LogP contribution in [0.4, 0.5) is 0 Å². The standard InChI is InChI=1S/C19H30N2O.ClH/c1-14(18(2,3)15-10-6-5-7-11-15)21-17(22)16-12-8-9-13-19(16,4)20;/h5-7,10-11,14,16H,8-9,12-13,20H2,1-4H3,(H,21,22);1H. The highest BCUT2D eigenvalue weighted by Crippen LogP contribution is 2.33. The Morgan fingerprint density at radius 3 is 2.48 bits per heavy atom. The average Bonchev–Trinajstić information content (AvgIpc) is 2.47. The molecule has 1 aliphatic carbocycles. The van der Waals surface area contributed by atoms with Crippen LogP contribution in [0.15, 0.2) is 30.3 Å². The van der Waals surface area contributed by atoms with Gasteiger partial charge in [-0.1, -0.05) is 57.0 Å². The number of carbonyl (C=O) groups is 1. The third-order valence-corrected chi connectivity index (χ3v) is 5.53. The van der Waals surface area contributed by atoms with Gasteiger partial charge in [-0.05, 0) is 32.3 Å². The summed E-state index contributed by atoms with van der Waals surface area (Å²) in [5, 5.41) is 3.23. The second kappa shape index (κ2) is 7.67. The van der Waals surface area contributed by atoms with Crippen molar-refractivity contribution < 1.29 is 4.79 Å². The number of amides is 1. The molecule has 1 saturated carbocycles. The van der Waals surface area contributed by atoms with Crippen LogP contribution in [0.3, 0.4) is 0 Å². The summed E-state index contributed by atoms with van der Waals surface area (Å²) in [6.45, 7) is 8.45. The lowest BCUT2D eigenvalue weighted by molar-refractivity contribution is -0.129. The van der Waals surface area contributed by atoms with Gasteiger partial charge in [0.15, 0.2) is 0 Å². The number of nitrogens with one attached hydrogen (secondary N) is 1. The van der Waals surface area contributed by atoms with Crippen molar-refractivity contribution in [3.8, 4) is 0 Å². The van der Waals surface area contributed by atoms with Crippen LogP contribution in [-0.4, -0.2) is 17.5 Å². The molecule has 0 aromatic heterocycles. The molecule has 4 heteroatoms. The molecule has 0 aliphatic heterocycles. The predicted octanol–water partition coefficient (Wildman–Crippen LogP) is 3.80. The topological polar surface area (TPSA) is 55.1 Å². The predicted molar refractivity (Wildman–Crippen MR) is 98.9 cm³/mol. The Kier molecular flexibility index (Phi) is 6.67. The molecule has 0 heterocycles.